The van der Waals surface area contributed by atoms with Gasteiger partial charge in [0.25, 0.3) is 5.91 Å². The fraction of sp³-hybridized carbons (Fsp3) is 0.278. The Bertz CT molecular complexity index is 820. The van der Waals surface area contributed by atoms with Crippen LogP contribution >= 0.6 is 0 Å². The van der Waals surface area contributed by atoms with E-state index in [9.17, 15) is 13.2 Å². The van der Waals surface area contributed by atoms with Gasteiger partial charge >= 0.3 is 0 Å². The second-order valence-corrected chi connectivity index (χ2v) is 8.20. The number of sulfone groups is 1. The zero-order valence-electron chi connectivity index (χ0n) is 13.6. The fourth-order valence-corrected chi connectivity index (χ4v) is 4.33. The van der Waals surface area contributed by atoms with Crippen molar-refractivity contribution in [2.75, 3.05) is 28.7 Å². The minimum Gasteiger partial charge on any atom is -0.484 e. The third-order valence-corrected chi connectivity index (χ3v) is 5.65. The van der Waals surface area contributed by atoms with Gasteiger partial charge in [-0.1, -0.05) is 18.2 Å². The molecule has 0 aliphatic carbocycles. The average molecular weight is 360 g/mol. The first-order valence-corrected chi connectivity index (χ1v) is 9.87. The van der Waals surface area contributed by atoms with Crippen molar-refractivity contribution in [3.63, 3.8) is 0 Å². The minimum atomic E-state index is -2.90. The van der Waals surface area contributed by atoms with Gasteiger partial charge in [-0.15, -0.1) is 0 Å². The van der Waals surface area contributed by atoms with Gasteiger partial charge < -0.3 is 15.4 Å². The largest absolute Gasteiger partial charge is 0.484 e. The molecule has 2 aromatic carbocycles. The molecule has 0 aromatic heterocycles. The fourth-order valence-electron chi connectivity index (χ4n) is 2.66. The Hall–Kier alpha value is -2.54. The molecule has 0 radical (unpaired) electrons. The van der Waals surface area contributed by atoms with Crippen LogP contribution in [-0.4, -0.2) is 38.5 Å². The van der Waals surface area contributed by atoms with Crippen LogP contribution in [-0.2, 0) is 14.6 Å². The van der Waals surface area contributed by atoms with Crippen molar-refractivity contribution in [1.29, 1.82) is 0 Å². The van der Waals surface area contributed by atoms with Gasteiger partial charge in [0.15, 0.2) is 16.4 Å². The third-order valence-electron chi connectivity index (χ3n) is 3.89. The van der Waals surface area contributed by atoms with Crippen molar-refractivity contribution < 1.29 is 17.9 Å². The Morgan fingerprint density at radius 2 is 1.72 bits per heavy atom. The maximum Gasteiger partial charge on any atom is 0.262 e. The summed E-state index contributed by atoms with van der Waals surface area (Å²) < 4.78 is 28.3. The molecular formula is C18H20N2O4S. The van der Waals surface area contributed by atoms with E-state index in [4.69, 9.17) is 4.74 Å². The van der Waals surface area contributed by atoms with Gasteiger partial charge in [0.2, 0.25) is 0 Å². The van der Waals surface area contributed by atoms with Gasteiger partial charge in [-0.2, -0.15) is 0 Å². The van der Waals surface area contributed by atoms with E-state index in [1.54, 1.807) is 24.3 Å². The first-order chi connectivity index (χ1) is 12.0. The smallest absolute Gasteiger partial charge is 0.262 e. The molecule has 1 aliphatic heterocycles. The summed E-state index contributed by atoms with van der Waals surface area (Å²) in [6.07, 6.45) is 0.623. The number of nitrogens with one attached hydrogen (secondary N) is 2. The number of amides is 1. The molecular weight excluding hydrogens is 340 g/mol. The number of anilines is 2. The molecule has 25 heavy (non-hydrogen) atoms. The van der Waals surface area contributed by atoms with Gasteiger partial charge in [0.1, 0.15) is 5.75 Å². The molecule has 3 rings (SSSR count). The Morgan fingerprint density at radius 1 is 1.04 bits per heavy atom. The SMILES string of the molecule is O=C(COc1ccccc1)Nc1ccc(NC2CCS(=O)(=O)C2)cc1. The highest BCUT2D eigenvalue weighted by Crippen LogP contribution is 2.19. The highest BCUT2D eigenvalue weighted by molar-refractivity contribution is 7.91. The van der Waals surface area contributed by atoms with Gasteiger partial charge in [-0.05, 0) is 42.8 Å². The predicted octanol–water partition coefficient (Wildman–Crippen LogP) is 2.30. The standard InChI is InChI=1S/C18H20N2O4S/c21-18(12-24-17-4-2-1-3-5-17)20-15-8-6-14(7-9-15)19-16-10-11-25(22,23)13-16/h1-9,16,19H,10-13H2,(H,20,21). The maximum atomic E-state index is 11.9. The van der Waals surface area contributed by atoms with E-state index >= 15 is 0 Å². The Morgan fingerprint density at radius 3 is 2.36 bits per heavy atom. The lowest BCUT2D eigenvalue weighted by Crippen LogP contribution is -2.21. The quantitative estimate of drug-likeness (QED) is 0.826. The normalized spacial score (nSPS) is 18.5. The molecule has 1 unspecified atom stereocenters. The molecule has 0 spiro atoms. The second kappa shape index (κ2) is 7.57. The average Bonchev–Trinajstić information content (AvgIpc) is 2.94. The van der Waals surface area contributed by atoms with E-state index in [0.717, 1.165) is 5.69 Å². The monoisotopic (exact) mass is 360 g/mol. The molecule has 1 aliphatic rings. The van der Waals surface area contributed by atoms with Crippen molar-refractivity contribution in [3.05, 3.63) is 54.6 Å². The van der Waals surface area contributed by atoms with Crippen molar-refractivity contribution in [2.45, 2.75) is 12.5 Å². The first-order valence-electron chi connectivity index (χ1n) is 8.05. The number of ether oxygens (including phenoxy) is 1. The van der Waals surface area contributed by atoms with Crippen LogP contribution < -0.4 is 15.4 Å². The number of carbonyl (C=O) groups is 1. The Balaban J connectivity index is 1.48. The first kappa shape index (κ1) is 17.3. The molecule has 1 heterocycles. The summed E-state index contributed by atoms with van der Waals surface area (Å²) >= 11 is 0. The van der Waals surface area contributed by atoms with Gasteiger partial charge in [0, 0.05) is 17.4 Å². The van der Waals surface area contributed by atoms with E-state index in [2.05, 4.69) is 10.6 Å². The second-order valence-electron chi connectivity index (χ2n) is 5.97. The summed E-state index contributed by atoms with van der Waals surface area (Å²) in [5.41, 5.74) is 1.49. The van der Waals surface area contributed by atoms with Crippen LogP contribution in [0.15, 0.2) is 54.6 Å². The van der Waals surface area contributed by atoms with Crippen LogP contribution in [0.4, 0.5) is 11.4 Å². The van der Waals surface area contributed by atoms with E-state index in [0.29, 0.717) is 17.9 Å². The van der Waals surface area contributed by atoms with E-state index in [1.807, 2.05) is 30.3 Å². The maximum absolute atomic E-state index is 11.9. The van der Waals surface area contributed by atoms with E-state index in [1.165, 1.54) is 0 Å². The van der Waals surface area contributed by atoms with Gasteiger partial charge in [-0.25, -0.2) is 8.42 Å². The highest BCUT2D eigenvalue weighted by atomic mass is 32.2. The lowest BCUT2D eigenvalue weighted by atomic mass is 10.2. The van der Waals surface area contributed by atoms with Crippen LogP contribution in [0.2, 0.25) is 0 Å². The summed E-state index contributed by atoms with van der Waals surface area (Å²) in [6, 6.07) is 16.3. The van der Waals surface area contributed by atoms with Crippen LogP contribution in [0.5, 0.6) is 5.75 Å². The van der Waals surface area contributed by atoms with Crippen molar-refractivity contribution in [2.24, 2.45) is 0 Å². The molecule has 6 nitrogen and oxygen atoms in total. The van der Waals surface area contributed by atoms with Crippen molar-refractivity contribution in [1.82, 2.24) is 0 Å². The molecule has 1 atom stereocenters. The number of para-hydroxylation sites is 1. The van der Waals surface area contributed by atoms with Crippen LogP contribution in [0.1, 0.15) is 6.42 Å². The highest BCUT2D eigenvalue weighted by Gasteiger charge is 2.27. The number of hydrogen-bond acceptors (Lipinski definition) is 5. The Labute approximate surface area is 147 Å². The zero-order valence-corrected chi connectivity index (χ0v) is 14.5. The molecule has 2 N–H and O–H groups in total. The predicted molar refractivity (Wildman–Crippen MR) is 97.7 cm³/mol. The van der Waals surface area contributed by atoms with E-state index < -0.39 is 9.84 Å². The molecule has 2 aromatic rings. The van der Waals surface area contributed by atoms with Crippen LogP contribution in [0.25, 0.3) is 0 Å². The number of carbonyl (C=O) groups excluding carboxylic acids is 1. The van der Waals surface area contributed by atoms with Crippen molar-refractivity contribution in [3.8, 4) is 5.75 Å². The molecule has 0 bridgehead atoms. The summed E-state index contributed by atoms with van der Waals surface area (Å²) in [7, 11) is -2.90. The topological polar surface area (TPSA) is 84.5 Å². The molecule has 7 heteroatoms. The van der Waals surface area contributed by atoms with Crippen LogP contribution in [0.3, 0.4) is 0 Å². The molecule has 1 amide bonds. The van der Waals surface area contributed by atoms with Crippen LogP contribution in [0, 0.1) is 0 Å². The number of benzene rings is 2. The molecule has 1 fully saturated rings. The summed E-state index contributed by atoms with van der Waals surface area (Å²) in [4.78, 5) is 11.9. The lowest BCUT2D eigenvalue weighted by Gasteiger charge is -2.13. The van der Waals surface area contributed by atoms with Gasteiger partial charge in [-0.3, -0.25) is 4.79 Å². The Kier molecular flexibility index (Phi) is 5.23. The summed E-state index contributed by atoms with van der Waals surface area (Å²) in [5.74, 6) is 0.804. The summed E-state index contributed by atoms with van der Waals surface area (Å²) in [5, 5.41) is 5.97. The van der Waals surface area contributed by atoms with Gasteiger partial charge in [0.05, 0.1) is 11.5 Å². The zero-order chi connectivity index (χ0) is 17.7. The van der Waals surface area contributed by atoms with Crippen molar-refractivity contribution >= 4 is 27.1 Å². The van der Waals surface area contributed by atoms with E-state index in [-0.39, 0.29) is 30.1 Å². The minimum absolute atomic E-state index is 0.0512. The number of hydrogen-bond donors (Lipinski definition) is 2. The summed E-state index contributed by atoms with van der Waals surface area (Å²) in [6.45, 7) is -0.0655. The number of rotatable bonds is 6. The molecule has 132 valence electrons. The third kappa shape index (κ3) is 5.22. The molecule has 0 saturated carbocycles. The molecule has 1 saturated heterocycles. The lowest BCUT2D eigenvalue weighted by molar-refractivity contribution is -0.118.